The van der Waals surface area contributed by atoms with E-state index in [4.69, 9.17) is 10.4 Å². The van der Waals surface area contributed by atoms with Gasteiger partial charge in [-0.15, -0.1) is 0 Å². The Morgan fingerprint density at radius 2 is 2.17 bits per heavy atom. The average molecular weight is 189 g/mol. The molecule has 0 aliphatic heterocycles. The lowest BCUT2D eigenvalue weighted by Gasteiger charge is -2.06. The van der Waals surface area contributed by atoms with Crippen molar-refractivity contribution in [2.75, 3.05) is 5.75 Å². The fourth-order valence-electron chi connectivity index (χ4n) is 0.521. The van der Waals surface area contributed by atoms with Gasteiger partial charge in [0, 0.05) is 16.6 Å². The van der Waals surface area contributed by atoms with E-state index >= 15 is 0 Å². The van der Waals surface area contributed by atoms with E-state index in [2.05, 4.69) is 0 Å². The van der Waals surface area contributed by atoms with Gasteiger partial charge in [-0.2, -0.15) is 5.26 Å². The fourth-order valence-corrected chi connectivity index (χ4v) is 1.56. The molecule has 4 nitrogen and oxygen atoms in total. The molecule has 0 saturated carbocycles. The van der Waals surface area contributed by atoms with Crippen LogP contribution in [0.3, 0.4) is 0 Å². The predicted molar refractivity (Wildman–Crippen MR) is 44.9 cm³/mol. The monoisotopic (exact) mass is 189 g/mol. The van der Waals surface area contributed by atoms with Gasteiger partial charge in [-0.3, -0.25) is 9.00 Å². The van der Waals surface area contributed by atoms with Crippen LogP contribution in [0, 0.1) is 17.2 Å². The summed E-state index contributed by atoms with van der Waals surface area (Å²) in [6.07, 6.45) is 0. The van der Waals surface area contributed by atoms with Gasteiger partial charge in [0.05, 0.1) is 12.0 Å². The Bertz CT molecular complexity index is 233. The van der Waals surface area contributed by atoms with Crippen molar-refractivity contribution in [3.8, 4) is 6.07 Å². The van der Waals surface area contributed by atoms with Crippen LogP contribution in [-0.2, 0) is 15.6 Å². The van der Waals surface area contributed by atoms with Gasteiger partial charge in [-0.1, -0.05) is 6.92 Å². The maximum Gasteiger partial charge on any atom is 0.307 e. The Labute approximate surface area is 73.7 Å². The molecule has 0 aliphatic carbocycles. The quantitative estimate of drug-likeness (QED) is 0.693. The van der Waals surface area contributed by atoms with E-state index in [9.17, 15) is 9.00 Å². The van der Waals surface area contributed by atoms with Crippen LogP contribution < -0.4 is 0 Å². The van der Waals surface area contributed by atoms with Gasteiger partial charge in [-0.05, 0) is 6.92 Å². The Hall–Kier alpha value is -0.890. The molecule has 0 amide bonds. The maximum atomic E-state index is 11.1. The number of carbonyl (C=O) groups is 1. The summed E-state index contributed by atoms with van der Waals surface area (Å²) in [4.78, 5) is 10.3. The van der Waals surface area contributed by atoms with Crippen LogP contribution in [0.4, 0.5) is 0 Å². The van der Waals surface area contributed by atoms with Crippen molar-refractivity contribution in [2.45, 2.75) is 19.1 Å². The second-order valence-corrected chi connectivity index (χ2v) is 4.36. The number of carboxylic acids is 1. The molecular formula is C7H11NO3S. The summed E-state index contributed by atoms with van der Waals surface area (Å²) in [5.41, 5.74) is 0. The predicted octanol–water partition coefficient (Wildman–Crippen LogP) is 0.368. The van der Waals surface area contributed by atoms with E-state index in [0.29, 0.717) is 0 Å². The van der Waals surface area contributed by atoms with Crippen LogP contribution in [0.5, 0.6) is 0 Å². The minimum atomic E-state index is -1.36. The largest absolute Gasteiger partial charge is 0.481 e. The maximum absolute atomic E-state index is 11.1. The number of hydrogen-bond acceptors (Lipinski definition) is 3. The lowest BCUT2D eigenvalue weighted by atomic mass is 10.2. The molecule has 12 heavy (non-hydrogen) atoms. The van der Waals surface area contributed by atoms with E-state index in [1.54, 1.807) is 0 Å². The van der Waals surface area contributed by atoms with Gasteiger partial charge >= 0.3 is 5.97 Å². The first-order chi connectivity index (χ1) is 5.49. The highest BCUT2D eigenvalue weighted by atomic mass is 32.2. The molecule has 0 spiro atoms. The van der Waals surface area contributed by atoms with Crippen LogP contribution in [0.2, 0.25) is 0 Å². The number of nitrogens with zero attached hydrogens (tertiary/aromatic N) is 1. The van der Waals surface area contributed by atoms with Crippen LogP contribution in [-0.4, -0.2) is 26.3 Å². The molecule has 3 atom stereocenters. The second kappa shape index (κ2) is 4.88. The molecular weight excluding hydrogens is 178 g/mol. The first-order valence-corrected chi connectivity index (χ1v) is 4.86. The highest BCUT2D eigenvalue weighted by Gasteiger charge is 2.18. The smallest absolute Gasteiger partial charge is 0.307 e. The van der Waals surface area contributed by atoms with Crippen molar-refractivity contribution in [1.82, 2.24) is 0 Å². The van der Waals surface area contributed by atoms with Gasteiger partial charge in [0.1, 0.15) is 5.25 Å². The third kappa shape index (κ3) is 3.49. The molecule has 3 unspecified atom stereocenters. The molecule has 0 aromatic rings. The molecule has 0 aromatic heterocycles. The zero-order chi connectivity index (χ0) is 9.72. The Balaban J connectivity index is 4.03. The number of nitriles is 1. The summed E-state index contributed by atoms with van der Waals surface area (Å²) in [5, 5.41) is 16.2. The van der Waals surface area contributed by atoms with E-state index in [0.717, 1.165) is 0 Å². The molecule has 0 bridgehead atoms. The van der Waals surface area contributed by atoms with Crippen LogP contribution >= 0.6 is 0 Å². The molecule has 0 saturated heterocycles. The fraction of sp³-hybridized carbons (Fsp3) is 0.714. The van der Waals surface area contributed by atoms with Crippen molar-refractivity contribution in [1.29, 1.82) is 5.26 Å². The minimum Gasteiger partial charge on any atom is -0.481 e. The van der Waals surface area contributed by atoms with Gasteiger partial charge in [0.2, 0.25) is 0 Å². The van der Waals surface area contributed by atoms with E-state index in [-0.39, 0.29) is 5.75 Å². The van der Waals surface area contributed by atoms with E-state index in [1.807, 2.05) is 6.07 Å². The van der Waals surface area contributed by atoms with Crippen molar-refractivity contribution >= 4 is 16.8 Å². The molecule has 68 valence electrons. The van der Waals surface area contributed by atoms with Gasteiger partial charge in [-0.25, -0.2) is 0 Å². The summed E-state index contributed by atoms with van der Waals surface area (Å²) < 4.78 is 11.1. The summed E-state index contributed by atoms with van der Waals surface area (Å²) in [6, 6.07) is 1.82. The van der Waals surface area contributed by atoms with Gasteiger partial charge in [0.25, 0.3) is 0 Å². The number of aliphatic carboxylic acids is 1. The van der Waals surface area contributed by atoms with Crippen molar-refractivity contribution < 1.29 is 14.1 Å². The lowest BCUT2D eigenvalue weighted by molar-refractivity contribution is -0.140. The molecule has 5 heteroatoms. The van der Waals surface area contributed by atoms with Crippen molar-refractivity contribution in [2.24, 2.45) is 5.92 Å². The lowest BCUT2D eigenvalue weighted by Crippen LogP contribution is -2.22. The van der Waals surface area contributed by atoms with Crippen molar-refractivity contribution in [3.63, 3.8) is 0 Å². The third-order valence-corrected chi connectivity index (χ3v) is 3.13. The van der Waals surface area contributed by atoms with Gasteiger partial charge in [0.15, 0.2) is 0 Å². The van der Waals surface area contributed by atoms with Crippen molar-refractivity contribution in [3.05, 3.63) is 0 Å². The molecule has 0 aromatic carbocycles. The normalized spacial score (nSPS) is 17.4. The van der Waals surface area contributed by atoms with Crippen LogP contribution in [0.25, 0.3) is 0 Å². The zero-order valence-electron chi connectivity index (χ0n) is 6.98. The molecule has 0 fully saturated rings. The standard InChI is InChI=1S/C7H11NO3S/c1-5(7(9)10)4-12(11)6(2)3-8/h5-6H,4H2,1-2H3,(H,9,10). The first kappa shape index (κ1) is 11.1. The summed E-state index contributed by atoms with van der Waals surface area (Å²) >= 11 is 0. The SMILES string of the molecule is CC(CS(=O)C(C)C#N)C(=O)O. The zero-order valence-corrected chi connectivity index (χ0v) is 7.80. The van der Waals surface area contributed by atoms with Gasteiger partial charge < -0.3 is 5.11 Å². The summed E-state index contributed by atoms with van der Waals surface area (Å²) in [7, 11) is -1.36. The molecule has 1 N–H and O–H groups in total. The third-order valence-electron chi connectivity index (χ3n) is 1.41. The molecule has 0 aliphatic rings. The number of carboxylic acid groups (broad SMARTS) is 1. The van der Waals surface area contributed by atoms with Crippen LogP contribution in [0.15, 0.2) is 0 Å². The number of rotatable bonds is 4. The first-order valence-electron chi connectivity index (χ1n) is 3.48. The minimum absolute atomic E-state index is 0.0457. The van der Waals surface area contributed by atoms with E-state index in [1.165, 1.54) is 13.8 Å². The second-order valence-electron chi connectivity index (χ2n) is 2.56. The molecule has 0 heterocycles. The van der Waals surface area contributed by atoms with E-state index < -0.39 is 27.9 Å². The highest BCUT2D eigenvalue weighted by molar-refractivity contribution is 7.85. The topological polar surface area (TPSA) is 78.2 Å². The van der Waals surface area contributed by atoms with Crippen LogP contribution in [0.1, 0.15) is 13.8 Å². The molecule has 0 rings (SSSR count). The molecule has 0 radical (unpaired) electrons. The number of hydrogen-bond donors (Lipinski definition) is 1. The Morgan fingerprint density at radius 1 is 1.67 bits per heavy atom. The highest BCUT2D eigenvalue weighted by Crippen LogP contribution is 2.02. The summed E-state index contributed by atoms with van der Waals surface area (Å²) in [5.74, 6) is -1.58. The Morgan fingerprint density at radius 3 is 2.50 bits per heavy atom. The summed E-state index contributed by atoms with van der Waals surface area (Å²) in [6.45, 7) is 3.00. The Kier molecular flexibility index (Phi) is 4.52. The average Bonchev–Trinajstić information content (AvgIpc) is 2.02.